The van der Waals surface area contributed by atoms with Gasteiger partial charge in [-0.3, -0.25) is 0 Å². The van der Waals surface area contributed by atoms with Crippen molar-refractivity contribution in [1.29, 1.82) is 0 Å². The monoisotopic (exact) mass is 273 g/mol. The summed E-state index contributed by atoms with van der Waals surface area (Å²) in [6.45, 7) is 7.77. The van der Waals surface area contributed by atoms with Gasteiger partial charge in [0.15, 0.2) is 0 Å². The molecule has 1 aliphatic heterocycles. The van der Waals surface area contributed by atoms with Gasteiger partial charge in [-0.25, -0.2) is 0 Å². The molecule has 2 nitrogen and oxygen atoms in total. The Labute approximate surface area is 122 Å². The Bertz CT molecular complexity index is 480. The zero-order chi connectivity index (χ0) is 14.2. The molecular weight excluding hydrogens is 246 g/mol. The number of ether oxygens (including phenoxy) is 1. The van der Waals surface area contributed by atoms with Crippen molar-refractivity contribution in [3.63, 3.8) is 0 Å². The Kier molecular flexibility index (Phi) is 3.76. The first-order valence-electron chi connectivity index (χ1n) is 8.12. The third-order valence-electron chi connectivity index (χ3n) is 4.59. The lowest BCUT2D eigenvalue weighted by Gasteiger charge is -2.41. The van der Waals surface area contributed by atoms with Gasteiger partial charge in [-0.1, -0.05) is 37.5 Å². The normalized spacial score (nSPS) is 28.9. The summed E-state index contributed by atoms with van der Waals surface area (Å²) in [6.07, 6.45) is 6.28. The van der Waals surface area contributed by atoms with E-state index in [1.54, 1.807) is 0 Å². The zero-order valence-electron chi connectivity index (χ0n) is 13.0. The van der Waals surface area contributed by atoms with Crippen molar-refractivity contribution in [2.75, 3.05) is 6.54 Å². The molecule has 0 radical (unpaired) electrons. The van der Waals surface area contributed by atoms with E-state index in [1.165, 1.54) is 36.8 Å². The van der Waals surface area contributed by atoms with Crippen molar-refractivity contribution in [1.82, 2.24) is 5.32 Å². The molecule has 1 aromatic carbocycles. The van der Waals surface area contributed by atoms with Gasteiger partial charge in [-0.05, 0) is 45.2 Å². The Hall–Kier alpha value is -1.02. The summed E-state index contributed by atoms with van der Waals surface area (Å²) < 4.78 is 6.40. The highest BCUT2D eigenvalue weighted by atomic mass is 16.5. The molecule has 110 valence electrons. The van der Waals surface area contributed by atoms with E-state index < -0.39 is 0 Å². The second-order valence-electron chi connectivity index (χ2n) is 6.95. The van der Waals surface area contributed by atoms with E-state index in [0.29, 0.717) is 6.04 Å². The number of rotatable bonds is 5. The first kappa shape index (κ1) is 13.9. The van der Waals surface area contributed by atoms with Crippen LogP contribution in [0.25, 0.3) is 0 Å². The summed E-state index contributed by atoms with van der Waals surface area (Å²) in [6, 6.07) is 7.07. The van der Waals surface area contributed by atoms with Crippen molar-refractivity contribution in [3.05, 3.63) is 29.3 Å². The van der Waals surface area contributed by atoms with Crippen LogP contribution in [0.4, 0.5) is 0 Å². The SMILES string of the molecule is CCCNC1CC(C)(CC2CC2)Oc2ccc(C)cc21. The molecule has 0 saturated heterocycles. The molecule has 0 spiro atoms. The average molecular weight is 273 g/mol. The molecule has 0 amide bonds. The van der Waals surface area contributed by atoms with Gasteiger partial charge in [-0.15, -0.1) is 0 Å². The van der Waals surface area contributed by atoms with Gasteiger partial charge in [0.25, 0.3) is 0 Å². The zero-order valence-corrected chi connectivity index (χ0v) is 13.0. The number of hydrogen-bond donors (Lipinski definition) is 1. The predicted octanol–water partition coefficient (Wildman–Crippen LogP) is 4.38. The van der Waals surface area contributed by atoms with Gasteiger partial charge in [-0.2, -0.15) is 0 Å². The first-order valence-corrected chi connectivity index (χ1v) is 8.12. The van der Waals surface area contributed by atoms with Gasteiger partial charge < -0.3 is 10.1 Å². The summed E-state index contributed by atoms with van der Waals surface area (Å²) in [5.41, 5.74) is 2.68. The molecule has 1 saturated carbocycles. The number of hydrogen-bond acceptors (Lipinski definition) is 2. The summed E-state index contributed by atoms with van der Waals surface area (Å²) >= 11 is 0. The van der Waals surface area contributed by atoms with E-state index in [1.807, 2.05) is 0 Å². The van der Waals surface area contributed by atoms with Crippen molar-refractivity contribution < 1.29 is 4.74 Å². The van der Waals surface area contributed by atoms with Crippen LogP contribution in [0.15, 0.2) is 18.2 Å². The maximum Gasteiger partial charge on any atom is 0.124 e. The van der Waals surface area contributed by atoms with Crippen LogP contribution in [0.3, 0.4) is 0 Å². The largest absolute Gasteiger partial charge is 0.487 e. The van der Waals surface area contributed by atoms with Crippen molar-refractivity contribution >= 4 is 0 Å². The lowest BCUT2D eigenvalue weighted by atomic mass is 9.84. The first-order chi connectivity index (χ1) is 9.59. The van der Waals surface area contributed by atoms with Gasteiger partial charge in [0, 0.05) is 18.0 Å². The van der Waals surface area contributed by atoms with E-state index in [9.17, 15) is 0 Å². The van der Waals surface area contributed by atoms with Crippen LogP contribution in [0.2, 0.25) is 0 Å². The molecular formula is C18H27NO. The fourth-order valence-corrected chi connectivity index (χ4v) is 3.44. The smallest absolute Gasteiger partial charge is 0.124 e. The fraction of sp³-hybridized carbons (Fsp3) is 0.667. The third kappa shape index (κ3) is 3.01. The lowest BCUT2D eigenvalue weighted by Crippen LogP contribution is -2.42. The Balaban J connectivity index is 1.85. The molecule has 1 heterocycles. The minimum Gasteiger partial charge on any atom is -0.487 e. The van der Waals surface area contributed by atoms with Crippen LogP contribution in [0.1, 0.15) is 63.1 Å². The van der Waals surface area contributed by atoms with Crippen molar-refractivity contribution in [3.8, 4) is 5.75 Å². The fourth-order valence-electron chi connectivity index (χ4n) is 3.44. The van der Waals surface area contributed by atoms with Crippen LogP contribution in [-0.4, -0.2) is 12.1 Å². The Morgan fingerprint density at radius 1 is 1.35 bits per heavy atom. The van der Waals surface area contributed by atoms with Gasteiger partial charge in [0.05, 0.1) is 0 Å². The second-order valence-corrected chi connectivity index (χ2v) is 6.95. The highest BCUT2D eigenvalue weighted by Gasteiger charge is 2.41. The highest BCUT2D eigenvalue weighted by Crippen LogP contribution is 2.46. The number of nitrogens with one attached hydrogen (secondary N) is 1. The third-order valence-corrected chi connectivity index (χ3v) is 4.59. The lowest BCUT2D eigenvalue weighted by molar-refractivity contribution is 0.0345. The molecule has 2 aliphatic rings. The standard InChI is InChI=1S/C18H27NO/c1-4-9-19-16-12-18(3,11-14-6-7-14)20-17-8-5-13(2)10-15(16)17/h5,8,10,14,16,19H,4,6-7,9,11-12H2,1-3H3. The summed E-state index contributed by atoms with van der Waals surface area (Å²) in [5.74, 6) is 2.00. The molecule has 3 rings (SSSR count). The van der Waals surface area contributed by atoms with Crippen LogP contribution in [0.5, 0.6) is 5.75 Å². The molecule has 2 atom stereocenters. The maximum atomic E-state index is 6.40. The molecule has 1 fully saturated rings. The van der Waals surface area contributed by atoms with Crippen LogP contribution < -0.4 is 10.1 Å². The van der Waals surface area contributed by atoms with Crippen LogP contribution in [-0.2, 0) is 0 Å². The molecule has 2 unspecified atom stereocenters. The van der Waals surface area contributed by atoms with E-state index in [2.05, 4.69) is 44.3 Å². The number of fused-ring (bicyclic) bond motifs is 1. The molecule has 20 heavy (non-hydrogen) atoms. The summed E-state index contributed by atoms with van der Waals surface area (Å²) in [5, 5.41) is 3.72. The minimum absolute atomic E-state index is 0.00876. The van der Waals surface area contributed by atoms with Crippen molar-refractivity contribution in [2.45, 2.75) is 64.5 Å². The summed E-state index contributed by atoms with van der Waals surface area (Å²) in [7, 11) is 0. The molecule has 1 N–H and O–H groups in total. The number of benzene rings is 1. The number of aryl methyl sites for hydroxylation is 1. The Morgan fingerprint density at radius 3 is 2.85 bits per heavy atom. The molecule has 1 aromatic rings. The van der Waals surface area contributed by atoms with Crippen molar-refractivity contribution in [2.24, 2.45) is 5.92 Å². The minimum atomic E-state index is 0.00876. The van der Waals surface area contributed by atoms with Gasteiger partial charge in [0.2, 0.25) is 0 Å². The topological polar surface area (TPSA) is 21.3 Å². The van der Waals surface area contributed by atoms with E-state index in [-0.39, 0.29) is 5.60 Å². The quantitative estimate of drug-likeness (QED) is 0.859. The van der Waals surface area contributed by atoms with Crippen LogP contribution in [0, 0.1) is 12.8 Å². The Morgan fingerprint density at radius 2 is 2.15 bits per heavy atom. The van der Waals surface area contributed by atoms with Gasteiger partial charge >= 0.3 is 0 Å². The molecule has 0 bridgehead atoms. The predicted molar refractivity (Wildman–Crippen MR) is 83.2 cm³/mol. The molecule has 0 aromatic heterocycles. The van der Waals surface area contributed by atoms with Crippen LogP contribution >= 0.6 is 0 Å². The highest BCUT2D eigenvalue weighted by molar-refractivity contribution is 5.41. The maximum absolute atomic E-state index is 6.40. The average Bonchev–Trinajstić information content (AvgIpc) is 3.20. The summed E-state index contributed by atoms with van der Waals surface area (Å²) in [4.78, 5) is 0. The van der Waals surface area contributed by atoms with E-state index in [0.717, 1.165) is 24.6 Å². The van der Waals surface area contributed by atoms with E-state index >= 15 is 0 Å². The van der Waals surface area contributed by atoms with Gasteiger partial charge in [0.1, 0.15) is 11.4 Å². The molecule has 1 aliphatic carbocycles. The second kappa shape index (κ2) is 5.40. The van der Waals surface area contributed by atoms with E-state index in [4.69, 9.17) is 4.74 Å². The molecule has 2 heteroatoms.